The highest BCUT2D eigenvalue weighted by molar-refractivity contribution is 7.99. The van der Waals surface area contributed by atoms with Gasteiger partial charge in [0.2, 0.25) is 5.95 Å². The van der Waals surface area contributed by atoms with Gasteiger partial charge in [-0.05, 0) is 29.3 Å². The van der Waals surface area contributed by atoms with E-state index in [2.05, 4.69) is 25.3 Å². The third-order valence-electron chi connectivity index (χ3n) is 2.27. The summed E-state index contributed by atoms with van der Waals surface area (Å²) in [4.78, 5) is 18.0. The molecular formula is C11H9N5S2. The molecule has 18 heavy (non-hydrogen) atoms. The van der Waals surface area contributed by atoms with Crippen LogP contribution < -0.4 is 5.32 Å². The second-order valence-electron chi connectivity index (χ2n) is 3.39. The molecule has 0 aliphatic carbocycles. The van der Waals surface area contributed by atoms with Crippen LogP contribution in [0.5, 0.6) is 0 Å². The molecule has 0 fully saturated rings. The second kappa shape index (κ2) is 4.87. The van der Waals surface area contributed by atoms with Crippen LogP contribution in [0.1, 0.15) is 0 Å². The van der Waals surface area contributed by atoms with Crippen molar-refractivity contribution >= 4 is 39.3 Å². The van der Waals surface area contributed by atoms with E-state index in [0.29, 0.717) is 5.95 Å². The van der Waals surface area contributed by atoms with E-state index in [1.807, 2.05) is 24.6 Å². The number of nitrogens with one attached hydrogen (secondary N) is 1. The van der Waals surface area contributed by atoms with Crippen LogP contribution in [-0.4, -0.2) is 27.0 Å². The van der Waals surface area contributed by atoms with Crippen molar-refractivity contribution in [3.05, 3.63) is 30.0 Å². The second-order valence-corrected chi connectivity index (χ2v) is 5.30. The fourth-order valence-corrected chi connectivity index (χ4v) is 3.12. The molecule has 1 N–H and O–H groups in total. The largest absolute Gasteiger partial charge is 0.357 e. The van der Waals surface area contributed by atoms with Crippen molar-refractivity contribution in [2.75, 3.05) is 12.4 Å². The van der Waals surface area contributed by atoms with Crippen molar-refractivity contribution in [2.24, 2.45) is 0 Å². The standard InChI is InChI=1S/C11H9N5S2/c1-12-11-15-9-7(3-5-17-9)10(16-11)18-8-2-4-13-6-14-8/h2-6H,1H3,(H,12,15,16). The molecule has 3 aromatic rings. The lowest BCUT2D eigenvalue weighted by Gasteiger charge is -2.04. The Balaban J connectivity index is 2.07. The summed E-state index contributed by atoms with van der Waals surface area (Å²) in [6, 6.07) is 3.90. The van der Waals surface area contributed by atoms with Gasteiger partial charge in [0.05, 0.1) is 0 Å². The number of thiophene rings is 1. The lowest BCUT2D eigenvalue weighted by atomic mass is 10.4. The van der Waals surface area contributed by atoms with Gasteiger partial charge >= 0.3 is 0 Å². The number of fused-ring (bicyclic) bond motifs is 1. The molecule has 5 nitrogen and oxygen atoms in total. The van der Waals surface area contributed by atoms with Crippen LogP contribution in [-0.2, 0) is 0 Å². The minimum atomic E-state index is 0.626. The lowest BCUT2D eigenvalue weighted by Crippen LogP contribution is -1.97. The molecule has 0 saturated heterocycles. The summed E-state index contributed by atoms with van der Waals surface area (Å²) in [5, 5.41) is 7.83. The molecule has 0 aromatic carbocycles. The van der Waals surface area contributed by atoms with Gasteiger partial charge in [-0.3, -0.25) is 0 Å². The smallest absolute Gasteiger partial charge is 0.224 e. The molecule has 0 aliphatic rings. The van der Waals surface area contributed by atoms with E-state index in [1.54, 1.807) is 17.5 Å². The van der Waals surface area contributed by atoms with E-state index < -0.39 is 0 Å². The summed E-state index contributed by atoms with van der Waals surface area (Å²) in [5.41, 5.74) is 0. The van der Waals surface area contributed by atoms with Gasteiger partial charge in [-0.25, -0.2) is 19.9 Å². The van der Waals surface area contributed by atoms with Gasteiger partial charge in [-0.2, -0.15) is 0 Å². The highest BCUT2D eigenvalue weighted by Crippen LogP contribution is 2.32. The molecule has 0 aliphatic heterocycles. The molecule has 0 spiro atoms. The average Bonchev–Trinajstić information content (AvgIpc) is 2.88. The maximum atomic E-state index is 4.47. The third kappa shape index (κ3) is 2.14. The summed E-state index contributed by atoms with van der Waals surface area (Å²) in [7, 11) is 1.81. The first-order valence-electron chi connectivity index (χ1n) is 5.23. The topological polar surface area (TPSA) is 63.6 Å². The van der Waals surface area contributed by atoms with Gasteiger partial charge in [0.15, 0.2) is 0 Å². The maximum Gasteiger partial charge on any atom is 0.224 e. The summed E-state index contributed by atoms with van der Waals surface area (Å²) in [5.74, 6) is 0.626. The fraction of sp³-hybridized carbons (Fsp3) is 0.0909. The number of hydrogen-bond donors (Lipinski definition) is 1. The zero-order chi connectivity index (χ0) is 12.4. The van der Waals surface area contributed by atoms with Gasteiger partial charge < -0.3 is 5.32 Å². The van der Waals surface area contributed by atoms with Crippen molar-refractivity contribution < 1.29 is 0 Å². The Kier molecular flexibility index (Phi) is 3.07. The molecule has 90 valence electrons. The van der Waals surface area contributed by atoms with Crippen molar-refractivity contribution in [2.45, 2.75) is 10.1 Å². The summed E-state index contributed by atoms with van der Waals surface area (Å²) in [6.45, 7) is 0. The highest BCUT2D eigenvalue weighted by atomic mass is 32.2. The number of rotatable bonds is 3. The van der Waals surface area contributed by atoms with Crippen LogP contribution in [0.25, 0.3) is 10.2 Å². The van der Waals surface area contributed by atoms with Gasteiger partial charge in [0.1, 0.15) is 21.2 Å². The van der Waals surface area contributed by atoms with Crippen molar-refractivity contribution in [3.8, 4) is 0 Å². The molecule has 0 unspecified atom stereocenters. The quantitative estimate of drug-likeness (QED) is 0.741. The summed E-state index contributed by atoms with van der Waals surface area (Å²) < 4.78 is 0. The zero-order valence-electron chi connectivity index (χ0n) is 9.49. The molecule has 3 heterocycles. The Bertz CT molecular complexity index is 668. The molecule has 0 bridgehead atoms. The van der Waals surface area contributed by atoms with Crippen LogP contribution in [0.15, 0.2) is 40.1 Å². The first kappa shape index (κ1) is 11.4. The van der Waals surface area contributed by atoms with Crippen LogP contribution in [0.4, 0.5) is 5.95 Å². The molecule has 0 atom stereocenters. The number of anilines is 1. The van der Waals surface area contributed by atoms with Gasteiger partial charge in [-0.15, -0.1) is 11.3 Å². The van der Waals surface area contributed by atoms with E-state index in [0.717, 1.165) is 20.3 Å². The molecule has 7 heteroatoms. The Morgan fingerprint density at radius 2 is 2.22 bits per heavy atom. The first-order chi connectivity index (χ1) is 8.86. The number of hydrogen-bond acceptors (Lipinski definition) is 7. The minimum absolute atomic E-state index is 0.626. The molecule has 0 amide bonds. The molecular weight excluding hydrogens is 266 g/mol. The lowest BCUT2D eigenvalue weighted by molar-refractivity contribution is 1.04. The van der Waals surface area contributed by atoms with Gasteiger partial charge in [-0.1, -0.05) is 0 Å². The molecule has 0 radical (unpaired) electrons. The fourth-order valence-electron chi connectivity index (χ4n) is 1.46. The summed E-state index contributed by atoms with van der Waals surface area (Å²) >= 11 is 3.12. The molecule has 3 rings (SSSR count). The number of aromatic nitrogens is 4. The van der Waals surface area contributed by atoms with Crippen LogP contribution in [0.3, 0.4) is 0 Å². The predicted octanol–water partition coefficient (Wildman–Crippen LogP) is 2.67. The average molecular weight is 275 g/mol. The van der Waals surface area contributed by atoms with Crippen LogP contribution in [0.2, 0.25) is 0 Å². The third-order valence-corrected chi connectivity index (χ3v) is 4.03. The summed E-state index contributed by atoms with van der Waals surface area (Å²) in [6.07, 6.45) is 3.26. The Morgan fingerprint density at radius 1 is 1.28 bits per heavy atom. The van der Waals surface area contributed by atoms with E-state index >= 15 is 0 Å². The zero-order valence-corrected chi connectivity index (χ0v) is 11.1. The Hall–Kier alpha value is -1.73. The number of nitrogens with zero attached hydrogens (tertiary/aromatic N) is 4. The van der Waals surface area contributed by atoms with Crippen molar-refractivity contribution in [1.82, 2.24) is 19.9 Å². The predicted molar refractivity (Wildman–Crippen MR) is 73.1 cm³/mol. The SMILES string of the molecule is CNc1nc(Sc2ccncn2)c2ccsc2n1. The maximum absolute atomic E-state index is 4.47. The Morgan fingerprint density at radius 3 is 3.00 bits per heavy atom. The van der Waals surface area contributed by atoms with E-state index in [9.17, 15) is 0 Å². The highest BCUT2D eigenvalue weighted by Gasteiger charge is 2.10. The van der Waals surface area contributed by atoms with E-state index in [-0.39, 0.29) is 0 Å². The van der Waals surface area contributed by atoms with E-state index in [4.69, 9.17) is 0 Å². The van der Waals surface area contributed by atoms with Crippen molar-refractivity contribution in [1.29, 1.82) is 0 Å². The Labute approximate surface area is 112 Å². The van der Waals surface area contributed by atoms with Crippen LogP contribution in [0, 0.1) is 0 Å². The first-order valence-corrected chi connectivity index (χ1v) is 6.93. The monoisotopic (exact) mass is 275 g/mol. The van der Waals surface area contributed by atoms with Gasteiger partial charge in [0.25, 0.3) is 0 Å². The normalized spacial score (nSPS) is 10.7. The van der Waals surface area contributed by atoms with E-state index in [1.165, 1.54) is 18.1 Å². The van der Waals surface area contributed by atoms with Crippen LogP contribution >= 0.6 is 23.1 Å². The minimum Gasteiger partial charge on any atom is -0.357 e. The van der Waals surface area contributed by atoms with Gasteiger partial charge in [0, 0.05) is 18.6 Å². The molecule has 0 saturated carbocycles. The molecule has 3 aromatic heterocycles. The van der Waals surface area contributed by atoms with Crippen molar-refractivity contribution in [3.63, 3.8) is 0 Å².